The van der Waals surface area contributed by atoms with Gasteiger partial charge < -0.3 is 10.6 Å². The molecule has 0 saturated heterocycles. The number of nitrogen functional groups attached to an aromatic ring is 1. The normalized spacial score (nSPS) is 11.8. The first-order valence-corrected chi connectivity index (χ1v) is 5.74. The summed E-state index contributed by atoms with van der Waals surface area (Å²) in [6.45, 7) is 0.753. The Bertz CT molecular complexity index is 583. The van der Waals surface area contributed by atoms with Gasteiger partial charge in [-0.3, -0.25) is 0 Å². The van der Waals surface area contributed by atoms with Crippen molar-refractivity contribution >= 4 is 22.7 Å². The van der Waals surface area contributed by atoms with E-state index in [4.69, 9.17) is 5.73 Å². The first kappa shape index (κ1) is 13.4. The fourth-order valence-corrected chi connectivity index (χ4v) is 1.87. The van der Waals surface area contributed by atoms with Crippen molar-refractivity contribution in [2.24, 2.45) is 0 Å². The number of nitrogens with two attached hydrogens (primary N) is 1. The molecule has 19 heavy (non-hydrogen) atoms. The largest absolute Gasteiger partial charge is 0.405 e. The van der Waals surface area contributed by atoms with Gasteiger partial charge in [0.2, 0.25) is 5.95 Å². The molecule has 0 spiro atoms. The van der Waals surface area contributed by atoms with Crippen molar-refractivity contribution in [3.05, 3.63) is 24.3 Å². The number of hydrogen-bond acceptors (Lipinski definition) is 4. The summed E-state index contributed by atoms with van der Waals surface area (Å²) >= 11 is 0. The zero-order chi connectivity index (χ0) is 14.0. The minimum Gasteiger partial charge on any atom is -0.368 e. The summed E-state index contributed by atoms with van der Waals surface area (Å²) in [6.07, 6.45) is -4.29. The highest BCUT2D eigenvalue weighted by atomic mass is 19.4. The van der Waals surface area contributed by atoms with Crippen LogP contribution < -0.4 is 10.6 Å². The van der Waals surface area contributed by atoms with E-state index in [-0.39, 0.29) is 18.3 Å². The van der Waals surface area contributed by atoms with Gasteiger partial charge in [0.05, 0.1) is 5.52 Å². The van der Waals surface area contributed by atoms with Gasteiger partial charge in [-0.25, -0.2) is 4.98 Å². The van der Waals surface area contributed by atoms with E-state index < -0.39 is 12.7 Å². The maximum atomic E-state index is 12.6. The summed E-state index contributed by atoms with van der Waals surface area (Å²) in [5.74, 6) is 0.178. The van der Waals surface area contributed by atoms with E-state index in [0.717, 1.165) is 4.90 Å². The van der Waals surface area contributed by atoms with Crippen LogP contribution in [0.3, 0.4) is 0 Å². The van der Waals surface area contributed by atoms with E-state index >= 15 is 0 Å². The van der Waals surface area contributed by atoms with E-state index in [1.54, 1.807) is 31.2 Å². The number of alkyl halides is 3. The molecule has 0 aliphatic carbocycles. The number of halogens is 3. The molecule has 0 aliphatic rings. The van der Waals surface area contributed by atoms with Crippen molar-refractivity contribution in [1.29, 1.82) is 0 Å². The summed E-state index contributed by atoms with van der Waals surface area (Å²) in [7, 11) is 0. The van der Waals surface area contributed by atoms with Crippen LogP contribution in [-0.4, -0.2) is 29.2 Å². The summed E-state index contributed by atoms with van der Waals surface area (Å²) < 4.78 is 37.7. The topological polar surface area (TPSA) is 55.0 Å². The van der Waals surface area contributed by atoms with Gasteiger partial charge in [-0.2, -0.15) is 18.2 Å². The lowest BCUT2D eigenvalue weighted by Crippen LogP contribution is -2.35. The van der Waals surface area contributed by atoms with Crippen LogP contribution in [0.5, 0.6) is 0 Å². The third kappa shape index (κ3) is 3.04. The molecule has 2 rings (SSSR count). The fourth-order valence-electron chi connectivity index (χ4n) is 1.87. The highest BCUT2D eigenvalue weighted by molar-refractivity contribution is 5.90. The number of para-hydroxylation sites is 1. The van der Waals surface area contributed by atoms with Crippen LogP contribution in [0.4, 0.5) is 24.9 Å². The smallest absolute Gasteiger partial charge is 0.368 e. The second-order valence-electron chi connectivity index (χ2n) is 4.05. The Balaban J connectivity index is 2.53. The molecule has 2 aromatic rings. The van der Waals surface area contributed by atoms with Crippen LogP contribution in [0.2, 0.25) is 0 Å². The minimum atomic E-state index is -4.29. The Morgan fingerprint density at radius 1 is 1.21 bits per heavy atom. The zero-order valence-electron chi connectivity index (χ0n) is 10.3. The SMILES string of the molecule is CCN(CC(F)(F)F)c1nc(N)nc2ccccc12. The van der Waals surface area contributed by atoms with Crippen molar-refractivity contribution in [1.82, 2.24) is 9.97 Å². The third-order valence-corrected chi connectivity index (χ3v) is 2.65. The summed E-state index contributed by atoms with van der Waals surface area (Å²) in [4.78, 5) is 9.10. The molecule has 0 atom stereocenters. The number of fused-ring (bicyclic) bond motifs is 1. The lowest BCUT2D eigenvalue weighted by molar-refractivity contribution is -0.119. The average Bonchev–Trinajstić information content (AvgIpc) is 2.34. The first-order valence-electron chi connectivity index (χ1n) is 5.74. The summed E-state index contributed by atoms with van der Waals surface area (Å²) in [6, 6.07) is 6.85. The van der Waals surface area contributed by atoms with E-state index in [9.17, 15) is 13.2 Å². The molecule has 0 amide bonds. The third-order valence-electron chi connectivity index (χ3n) is 2.65. The van der Waals surface area contributed by atoms with Gasteiger partial charge in [-0.05, 0) is 19.1 Å². The molecule has 0 radical (unpaired) electrons. The second-order valence-corrected chi connectivity index (χ2v) is 4.05. The molecule has 0 saturated carbocycles. The van der Waals surface area contributed by atoms with Gasteiger partial charge in [0, 0.05) is 11.9 Å². The molecule has 4 nitrogen and oxygen atoms in total. The van der Waals surface area contributed by atoms with Gasteiger partial charge in [-0.15, -0.1) is 0 Å². The van der Waals surface area contributed by atoms with E-state index in [1.165, 1.54) is 0 Å². The standard InChI is InChI=1S/C12H13F3N4/c1-2-19(7-12(13,14)15)10-8-5-3-4-6-9(8)17-11(16)18-10/h3-6H,2,7H2,1H3,(H2,16,17,18). The molecule has 0 bridgehead atoms. The Labute approximate surface area is 108 Å². The minimum absolute atomic E-state index is 0.0330. The van der Waals surface area contributed by atoms with Gasteiger partial charge in [0.15, 0.2) is 0 Å². The van der Waals surface area contributed by atoms with Gasteiger partial charge in [-0.1, -0.05) is 12.1 Å². The van der Waals surface area contributed by atoms with Crippen LogP contribution >= 0.6 is 0 Å². The zero-order valence-corrected chi connectivity index (χ0v) is 10.3. The Kier molecular flexibility index (Phi) is 3.46. The van der Waals surface area contributed by atoms with Gasteiger partial charge in [0.1, 0.15) is 12.4 Å². The number of aromatic nitrogens is 2. The first-order chi connectivity index (χ1) is 8.90. The van der Waals surface area contributed by atoms with Crippen LogP contribution in [-0.2, 0) is 0 Å². The van der Waals surface area contributed by atoms with Crippen LogP contribution in [0.15, 0.2) is 24.3 Å². The number of rotatable bonds is 3. The number of anilines is 2. The van der Waals surface area contributed by atoms with Crippen molar-refractivity contribution in [3.63, 3.8) is 0 Å². The molecule has 1 aromatic carbocycles. The second kappa shape index (κ2) is 4.91. The van der Waals surface area contributed by atoms with Crippen LogP contribution in [0, 0.1) is 0 Å². The Morgan fingerprint density at radius 2 is 1.89 bits per heavy atom. The number of hydrogen-bond donors (Lipinski definition) is 1. The molecular weight excluding hydrogens is 257 g/mol. The van der Waals surface area contributed by atoms with E-state index in [0.29, 0.717) is 10.9 Å². The van der Waals surface area contributed by atoms with Gasteiger partial charge >= 0.3 is 6.18 Å². The quantitative estimate of drug-likeness (QED) is 0.931. The number of nitrogens with zero attached hydrogens (tertiary/aromatic N) is 3. The molecule has 1 aromatic heterocycles. The monoisotopic (exact) mass is 270 g/mol. The summed E-state index contributed by atoms with van der Waals surface area (Å²) in [5, 5.41) is 0.558. The predicted octanol–water partition coefficient (Wildman–Crippen LogP) is 2.60. The predicted molar refractivity (Wildman–Crippen MR) is 67.9 cm³/mol. The van der Waals surface area contributed by atoms with Crippen molar-refractivity contribution in [2.75, 3.05) is 23.7 Å². The van der Waals surface area contributed by atoms with Crippen LogP contribution in [0.25, 0.3) is 10.9 Å². The van der Waals surface area contributed by atoms with Crippen LogP contribution in [0.1, 0.15) is 6.92 Å². The van der Waals surface area contributed by atoms with E-state index in [1.807, 2.05) is 0 Å². The fraction of sp³-hybridized carbons (Fsp3) is 0.333. The summed E-state index contributed by atoms with van der Waals surface area (Å²) in [5.41, 5.74) is 6.08. The van der Waals surface area contributed by atoms with E-state index in [2.05, 4.69) is 9.97 Å². The molecule has 1 heterocycles. The molecule has 102 valence electrons. The Hall–Kier alpha value is -2.05. The molecule has 0 unspecified atom stereocenters. The van der Waals surface area contributed by atoms with Crippen molar-refractivity contribution in [3.8, 4) is 0 Å². The van der Waals surface area contributed by atoms with Crippen molar-refractivity contribution in [2.45, 2.75) is 13.1 Å². The maximum Gasteiger partial charge on any atom is 0.405 e. The highest BCUT2D eigenvalue weighted by Crippen LogP contribution is 2.27. The molecular formula is C12H13F3N4. The van der Waals surface area contributed by atoms with Gasteiger partial charge in [0.25, 0.3) is 0 Å². The average molecular weight is 270 g/mol. The molecule has 7 heteroatoms. The maximum absolute atomic E-state index is 12.6. The number of benzene rings is 1. The lowest BCUT2D eigenvalue weighted by Gasteiger charge is -2.24. The molecule has 2 N–H and O–H groups in total. The molecule has 0 aliphatic heterocycles. The lowest BCUT2D eigenvalue weighted by atomic mass is 10.2. The highest BCUT2D eigenvalue weighted by Gasteiger charge is 2.31. The Morgan fingerprint density at radius 3 is 2.53 bits per heavy atom. The van der Waals surface area contributed by atoms with Crippen molar-refractivity contribution < 1.29 is 13.2 Å². The molecule has 0 fully saturated rings.